The van der Waals surface area contributed by atoms with Crippen LogP contribution in [0.25, 0.3) is 0 Å². The first-order valence-electron chi connectivity index (χ1n) is 4.79. The lowest BCUT2D eigenvalue weighted by Gasteiger charge is -2.17. The van der Waals surface area contributed by atoms with Gasteiger partial charge in [0.25, 0.3) is 0 Å². The van der Waals surface area contributed by atoms with Crippen LogP contribution in [0.1, 0.15) is 23.6 Å². The monoisotopic (exact) mass is 190 g/mol. The largest absolute Gasteiger partial charge is 0.348 e. The van der Waals surface area contributed by atoms with Gasteiger partial charge in [0.1, 0.15) is 0 Å². The fourth-order valence-electron chi connectivity index (χ4n) is 1.92. The Morgan fingerprint density at radius 1 is 1.43 bits per heavy atom. The van der Waals surface area contributed by atoms with Crippen LogP contribution >= 0.6 is 0 Å². The lowest BCUT2D eigenvalue weighted by molar-refractivity contribution is -0.119. The van der Waals surface area contributed by atoms with Gasteiger partial charge in [-0.25, -0.2) is 0 Å². The summed E-state index contributed by atoms with van der Waals surface area (Å²) in [7, 11) is 0. The Balaban J connectivity index is 2.32. The molecule has 0 aromatic heterocycles. The molecule has 74 valence electrons. The predicted molar refractivity (Wildman–Crippen MR) is 54.7 cm³/mol. The Labute approximate surface area is 83.3 Å². The highest BCUT2D eigenvalue weighted by Gasteiger charge is 2.30. The zero-order valence-corrected chi connectivity index (χ0v) is 8.16. The fourth-order valence-corrected chi connectivity index (χ4v) is 1.92. The first kappa shape index (κ1) is 9.21. The molecule has 1 heterocycles. The Bertz CT molecular complexity index is 362. The summed E-state index contributed by atoms with van der Waals surface area (Å²) < 4.78 is 0. The highest BCUT2D eigenvalue weighted by molar-refractivity contribution is 5.80. The first-order valence-corrected chi connectivity index (χ1v) is 4.79. The molecule has 0 radical (unpaired) electrons. The van der Waals surface area contributed by atoms with Crippen molar-refractivity contribution in [2.45, 2.75) is 25.4 Å². The molecule has 1 amide bonds. The van der Waals surface area contributed by atoms with Crippen LogP contribution in [0.2, 0.25) is 0 Å². The quantitative estimate of drug-likeness (QED) is 0.690. The molecule has 14 heavy (non-hydrogen) atoms. The summed E-state index contributed by atoms with van der Waals surface area (Å²) >= 11 is 0. The molecule has 0 saturated carbocycles. The molecule has 1 aliphatic rings. The van der Waals surface area contributed by atoms with Gasteiger partial charge in [-0.15, -0.1) is 0 Å². The van der Waals surface area contributed by atoms with E-state index >= 15 is 0 Å². The van der Waals surface area contributed by atoms with Crippen LogP contribution in [0.5, 0.6) is 0 Å². The number of aryl methyl sites for hydroxylation is 1. The fraction of sp³-hybridized carbons (Fsp3) is 0.364. The predicted octanol–water partition coefficient (Wildman–Crippen LogP) is 0.883. The molecule has 3 heteroatoms. The van der Waals surface area contributed by atoms with E-state index in [1.807, 2.05) is 31.2 Å². The molecule has 1 aromatic rings. The lowest BCUT2D eigenvalue weighted by atomic mass is 9.97. The second kappa shape index (κ2) is 3.42. The molecule has 2 atom stereocenters. The maximum absolute atomic E-state index is 11.2. The van der Waals surface area contributed by atoms with Crippen LogP contribution in [0, 0.1) is 6.92 Å². The molecular weight excluding hydrogens is 176 g/mol. The third kappa shape index (κ3) is 1.51. The van der Waals surface area contributed by atoms with Gasteiger partial charge in [-0.3, -0.25) is 4.79 Å². The number of rotatable bonds is 1. The molecule has 1 saturated heterocycles. The number of hydrogen-bond donors (Lipinski definition) is 2. The maximum atomic E-state index is 11.2. The van der Waals surface area contributed by atoms with Crippen LogP contribution in [0.3, 0.4) is 0 Å². The van der Waals surface area contributed by atoms with Crippen molar-refractivity contribution < 1.29 is 4.79 Å². The van der Waals surface area contributed by atoms with Gasteiger partial charge in [-0.1, -0.05) is 24.3 Å². The van der Waals surface area contributed by atoms with Crippen molar-refractivity contribution in [3.05, 3.63) is 35.4 Å². The van der Waals surface area contributed by atoms with Crippen molar-refractivity contribution in [2.75, 3.05) is 0 Å². The molecule has 2 rings (SSSR count). The number of benzene rings is 1. The second-order valence-electron chi connectivity index (χ2n) is 3.77. The van der Waals surface area contributed by atoms with Crippen LogP contribution in [0.4, 0.5) is 0 Å². The highest BCUT2D eigenvalue weighted by Crippen LogP contribution is 2.25. The average Bonchev–Trinajstić information content (AvgIpc) is 2.46. The Hall–Kier alpha value is -1.35. The summed E-state index contributed by atoms with van der Waals surface area (Å²) in [5.41, 5.74) is 8.19. The van der Waals surface area contributed by atoms with Gasteiger partial charge in [-0.05, 0) is 18.1 Å². The summed E-state index contributed by atoms with van der Waals surface area (Å²) in [6.45, 7) is 2.03. The molecular formula is C11H14N2O. The minimum absolute atomic E-state index is 0.0105. The van der Waals surface area contributed by atoms with E-state index in [0.29, 0.717) is 6.42 Å². The molecule has 0 unspecified atom stereocenters. The maximum Gasteiger partial charge on any atom is 0.222 e. The minimum Gasteiger partial charge on any atom is -0.348 e. The second-order valence-corrected chi connectivity index (χ2v) is 3.77. The van der Waals surface area contributed by atoms with Crippen molar-refractivity contribution in [3.63, 3.8) is 0 Å². The lowest BCUT2D eigenvalue weighted by Crippen LogP contribution is -2.29. The van der Waals surface area contributed by atoms with E-state index in [9.17, 15) is 4.79 Å². The van der Waals surface area contributed by atoms with E-state index in [-0.39, 0.29) is 18.0 Å². The molecule has 1 aliphatic heterocycles. The van der Waals surface area contributed by atoms with Gasteiger partial charge in [-0.2, -0.15) is 0 Å². The molecule has 1 fully saturated rings. The third-order valence-corrected chi connectivity index (χ3v) is 2.69. The number of carbonyl (C=O) groups excluding carboxylic acids is 1. The first-order chi connectivity index (χ1) is 6.68. The van der Waals surface area contributed by atoms with Gasteiger partial charge >= 0.3 is 0 Å². The van der Waals surface area contributed by atoms with Crippen molar-refractivity contribution in [3.8, 4) is 0 Å². The van der Waals surface area contributed by atoms with Gasteiger partial charge in [0.05, 0.1) is 6.04 Å². The van der Waals surface area contributed by atoms with Gasteiger partial charge in [0, 0.05) is 12.5 Å². The molecule has 3 N–H and O–H groups in total. The normalized spacial score (nSPS) is 26.3. The summed E-state index contributed by atoms with van der Waals surface area (Å²) in [6.07, 6.45) is 0.430. The average molecular weight is 190 g/mol. The van der Waals surface area contributed by atoms with E-state index < -0.39 is 0 Å². The van der Waals surface area contributed by atoms with Crippen molar-refractivity contribution in [1.82, 2.24) is 5.32 Å². The van der Waals surface area contributed by atoms with E-state index in [2.05, 4.69) is 5.32 Å². The number of nitrogens with one attached hydrogen (secondary N) is 1. The summed E-state index contributed by atoms with van der Waals surface area (Å²) in [5.74, 6) is 0.0470. The Morgan fingerprint density at radius 2 is 2.14 bits per heavy atom. The van der Waals surface area contributed by atoms with Crippen LogP contribution in [0.15, 0.2) is 24.3 Å². The van der Waals surface area contributed by atoms with Crippen LogP contribution in [-0.4, -0.2) is 11.9 Å². The number of nitrogens with two attached hydrogens (primary N) is 1. The zero-order chi connectivity index (χ0) is 10.1. The van der Waals surface area contributed by atoms with Gasteiger partial charge < -0.3 is 11.1 Å². The Morgan fingerprint density at radius 3 is 2.71 bits per heavy atom. The molecule has 0 aliphatic carbocycles. The number of carbonyl (C=O) groups is 1. The van der Waals surface area contributed by atoms with Crippen LogP contribution in [-0.2, 0) is 4.79 Å². The van der Waals surface area contributed by atoms with Crippen molar-refractivity contribution >= 4 is 5.91 Å². The molecule has 0 bridgehead atoms. The summed E-state index contributed by atoms with van der Waals surface area (Å²) in [6, 6.07) is 7.91. The topological polar surface area (TPSA) is 55.1 Å². The van der Waals surface area contributed by atoms with E-state index in [1.54, 1.807) is 0 Å². The van der Waals surface area contributed by atoms with Crippen LogP contribution < -0.4 is 11.1 Å². The summed E-state index contributed by atoms with van der Waals surface area (Å²) in [5, 5.41) is 2.90. The summed E-state index contributed by atoms with van der Waals surface area (Å²) in [4.78, 5) is 11.2. The molecule has 1 aromatic carbocycles. The van der Waals surface area contributed by atoms with E-state index in [4.69, 9.17) is 5.73 Å². The highest BCUT2D eigenvalue weighted by atomic mass is 16.2. The molecule has 3 nitrogen and oxygen atoms in total. The third-order valence-electron chi connectivity index (χ3n) is 2.69. The van der Waals surface area contributed by atoms with E-state index in [1.165, 1.54) is 5.56 Å². The van der Waals surface area contributed by atoms with Gasteiger partial charge in [0.15, 0.2) is 0 Å². The number of hydrogen-bond acceptors (Lipinski definition) is 2. The standard InChI is InChI=1S/C11H14N2O/c1-7-4-2-3-5-8(7)11-9(12)6-10(14)13-11/h2-5,9,11H,6,12H2,1H3,(H,13,14)/t9-,11+/m0/s1. The molecule has 0 spiro atoms. The smallest absolute Gasteiger partial charge is 0.222 e. The number of amides is 1. The minimum atomic E-state index is -0.0939. The zero-order valence-electron chi connectivity index (χ0n) is 8.16. The SMILES string of the molecule is Cc1ccccc1[C@H]1NC(=O)C[C@@H]1N. The van der Waals surface area contributed by atoms with Crippen molar-refractivity contribution in [2.24, 2.45) is 5.73 Å². The van der Waals surface area contributed by atoms with E-state index in [0.717, 1.165) is 5.56 Å². The van der Waals surface area contributed by atoms with Gasteiger partial charge in [0.2, 0.25) is 5.91 Å². The van der Waals surface area contributed by atoms with Crippen molar-refractivity contribution in [1.29, 1.82) is 0 Å². The Kier molecular flexibility index (Phi) is 2.25.